The number of rotatable bonds is 12. The van der Waals surface area contributed by atoms with Gasteiger partial charge in [-0.3, -0.25) is 0 Å². The Bertz CT molecular complexity index is 1250. The van der Waals surface area contributed by atoms with Crippen molar-refractivity contribution in [3.63, 3.8) is 0 Å². The van der Waals surface area contributed by atoms with Crippen molar-refractivity contribution in [2.75, 3.05) is 5.75 Å². The predicted octanol–water partition coefficient (Wildman–Crippen LogP) is 3.97. The van der Waals surface area contributed by atoms with Gasteiger partial charge >= 0.3 is 63.2 Å². The van der Waals surface area contributed by atoms with E-state index in [1.54, 1.807) is 0 Å². The molecule has 0 bridgehead atoms. The van der Waals surface area contributed by atoms with E-state index in [1.807, 2.05) is 0 Å². The number of halogens is 18. The number of carboxylic acids is 2. The van der Waals surface area contributed by atoms with Crippen LogP contribution in [0.5, 0.6) is 0 Å². The van der Waals surface area contributed by atoms with Crippen LogP contribution < -0.4 is 0 Å². The lowest BCUT2D eigenvalue weighted by atomic mass is 10.0. The third-order valence-electron chi connectivity index (χ3n) is 4.73. The zero-order valence-electron chi connectivity index (χ0n) is 17.9. The van der Waals surface area contributed by atoms with Crippen LogP contribution in [0.25, 0.3) is 0 Å². The minimum Gasteiger partial charge on any atom is -0.479 e. The van der Waals surface area contributed by atoms with E-state index in [4.69, 9.17) is 10.2 Å². The highest BCUT2D eigenvalue weighted by atomic mass is 32.3. The summed E-state index contributed by atoms with van der Waals surface area (Å²) in [6.07, 6.45) is -19.5. The van der Waals surface area contributed by atoms with E-state index in [2.05, 4.69) is 0 Å². The van der Waals surface area contributed by atoms with Gasteiger partial charge in [-0.05, 0) is 0 Å². The summed E-state index contributed by atoms with van der Waals surface area (Å²) < 4.78 is 275. The SMILES string of the molecule is O=C(O)C(C(=O)O)(S(=O)(=O)CCC(F)(F)C(F)(F)C(F)(F)C(F)(F)F)S(=O)(=O)C(F)(F)C(F)(F)C(F)(F)C(F)(F)F. The number of alkyl halides is 18. The Morgan fingerprint density at radius 1 is 0.512 bits per heavy atom. The third kappa shape index (κ3) is 5.00. The van der Waals surface area contributed by atoms with E-state index in [-0.39, 0.29) is 0 Å². The molecular weight excluding hydrogens is 690 g/mol. The highest BCUT2D eigenvalue weighted by Crippen LogP contribution is 2.58. The molecule has 0 aromatic rings. The monoisotopic (exact) mass is 696 g/mol. The second-order valence-electron chi connectivity index (χ2n) is 7.31. The molecule has 0 aromatic heterocycles. The lowest BCUT2D eigenvalue weighted by Gasteiger charge is -2.36. The summed E-state index contributed by atoms with van der Waals surface area (Å²) in [5.74, 6) is -52.6. The van der Waals surface area contributed by atoms with Crippen LogP contribution in [0.3, 0.4) is 0 Å². The Labute approximate surface area is 211 Å². The topological polar surface area (TPSA) is 143 Å². The van der Waals surface area contributed by atoms with Gasteiger partial charge in [0.15, 0.2) is 9.84 Å². The first-order chi connectivity index (χ1) is 17.3. The molecule has 0 heterocycles. The molecular formula is C13H6F18O8S2. The molecule has 244 valence electrons. The Morgan fingerprint density at radius 3 is 1.07 bits per heavy atom. The van der Waals surface area contributed by atoms with Crippen molar-refractivity contribution >= 4 is 31.6 Å². The van der Waals surface area contributed by atoms with Crippen LogP contribution in [-0.2, 0) is 29.3 Å². The number of carboxylic acid groups (broad SMARTS) is 2. The van der Waals surface area contributed by atoms with Crippen molar-refractivity contribution in [1.82, 2.24) is 0 Å². The molecule has 0 aliphatic rings. The first-order valence-electron chi connectivity index (χ1n) is 8.68. The fraction of sp³-hybridized carbons (Fsp3) is 0.846. The summed E-state index contributed by atoms with van der Waals surface area (Å²) in [7, 11) is -17.3. The Kier molecular flexibility index (Phi) is 9.24. The van der Waals surface area contributed by atoms with E-state index >= 15 is 0 Å². The van der Waals surface area contributed by atoms with Gasteiger partial charge in [-0.25, -0.2) is 26.4 Å². The molecule has 0 fully saturated rings. The molecule has 0 radical (unpaired) electrons. The maximum absolute atomic E-state index is 14.1. The van der Waals surface area contributed by atoms with E-state index in [1.165, 1.54) is 0 Å². The van der Waals surface area contributed by atoms with Gasteiger partial charge in [-0.1, -0.05) is 0 Å². The normalized spacial score (nSPS) is 16.0. The van der Waals surface area contributed by atoms with Crippen molar-refractivity contribution in [3.8, 4) is 0 Å². The minimum absolute atomic E-state index is 3.85. The maximum atomic E-state index is 14.1. The molecule has 0 saturated carbocycles. The first-order valence-corrected chi connectivity index (χ1v) is 11.8. The van der Waals surface area contributed by atoms with Crippen LogP contribution in [0.1, 0.15) is 6.42 Å². The summed E-state index contributed by atoms with van der Waals surface area (Å²) >= 11 is 0. The van der Waals surface area contributed by atoms with Crippen molar-refractivity contribution < 1.29 is 116 Å². The van der Waals surface area contributed by atoms with Gasteiger partial charge in [0.05, 0.1) is 5.75 Å². The van der Waals surface area contributed by atoms with E-state index in [9.17, 15) is 105 Å². The molecule has 0 aliphatic heterocycles. The standard InChI is InChI=1S/C13H6F18O8S2/c14-5(15,7(16,17)8(18,19)11(24,25)26)1-2-40(36,37)6(3(32)33,4(34)35)41(38,39)13(30,31)10(22,23)9(20,21)12(27,28)29/h1-2H2,(H,32,33)(H,34,35). The smallest absolute Gasteiger partial charge is 0.460 e. The number of hydrogen-bond acceptors (Lipinski definition) is 6. The van der Waals surface area contributed by atoms with Crippen molar-refractivity contribution in [1.29, 1.82) is 0 Å². The van der Waals surface area contributed by atoms with Crippen LogP contribution in [0.4, 0.5) is 79.0 Å². The summed E-state index contributed by atoms with van der Waals surface area (Å²) in [6.45, 7) is 0. The molecule has 0 spiro atoms. The lowest BCUT2D eigenvalue weighted by molar-refractivity contribution is -0.396. The minimum atomic E-state index is -9.29. The van der Waals surface area contributed by atoms with Gasteiger partial charge in [0, 0.05) is 6.42 Å². The molecule has 0 aromatic carbocycles. The summed E-state index contributed by atoms with van der Waals surface area (Å²) in [5, 5.41) is 9.00. The average Bonchev–Trinajstić information content (AvgIpc) is 2.69. The lowest BCUT2D eigenvalue weighted by Crippen LogP contribution is -2.71. The highest BCUT2D eigenvalue weighted by molar-refractivity contribution is 8.13. The van der Waals surface area contributed by atoms with Crippen molar-refractivity contribution in [2.45, 2.75) is 57.7 Å². The van der Waals surface area contributed by atoms with Crippen LogP contribution >= 0.6 is 0 Å². The molecule has 8 nitrogen and oxygen atoms in total. The molecule has 0 saturated heterocycles. The summed E-state index contributed by atoms with van der Waals surface area (Å²) in [5.41, 5.74) is 0. The molecule has 28 heteroatoms. The third-order valence-corrected chi connectivity index (χ3v) is 10.2. The molecule has 2 N–H and O–H groups in total. The Balaban J connectivity index is 7.43. The van der Waals surface area contributed by atoms with Gasteiger partial charge in [-0.2, -0.15) is 79.0 Å². The van der Waals surface area contributed by atoms with Gasteiger partial charge in [0.25, 0.3) is 9.84 Å². The largest absolute Gasteiger partial charge is 0.479 e. The Morgan fingerprint density at radius 2 is 0.805 bits per heavy atom. The van der Waals surface area contributed by atoms with Crippen LogP contribution in [0.2, 0.25) is 0 Å². The summed E-state index contributed by atoms with van der Waals surface area (Å²) in [6, 6.07) is 0. The Hall–Kier alpha value is -2.42. The first kappa shape index (κ1) is 38.6. The van der Waals surface area contributed by atoms with Gasteiger partial charge in [-0.15, -0.1) is 0 Å². The molecule has 0 atom stereocenters. The predicted molar refractivity (Wildman–Crippen MR) is 87.1 cm³/mol. The zero-order valence-corrected chi connectivity index (χ0v) is 19.5. The molecule has 0 amide bonds. The fourth-order valence-corrected chi connectivity index (χ4v) is 6.97. The van der Waals surface area contributed by atoms with Crippen LogP contribution in [-0.4, -0.2) is 96.0 Å². The molecule has 0 unspecified atom stereocenters. The van der Waals surface area contributed by atoms with Gasteiger partial charge in [0.1, 0.15) is 0 Å². The van der Waals surface area contributed by atoms with Crippen LogP contribution in [0.15, 0.2) is 0 Å². The second kappa shape index (κ2) is 9.81. The number of aliphatic carboxylic acids is 2. The molecule has 41 heavy (non-hydrogen) atoms. The van der Waals surface area contributed by atoms with Crippen LogP contribution in [0, 0.1) is 0 Å². The van der Waals surface area contributed by atoms with Crippen molar-refractivity contribution in [3.05, 3.63) is 0 Å². The van der Waals surface area contributed by atoms with E-state index in [0.29, 0.717) is 0 Å². The quantitative estimate of drug-likeness (QED) is 0.231. The summed E-state index contributed by atoms with van der Waals surface area (Å²) in [4.78, 5) is 22.5. The second-order valence-corrected chi connectivity index (χ2v) is 12.0. The van der Waals surface area contributed by atoms with Crippen molar-refractivity contribution in [2.24, 2.45) is 0 Å². The average molecular weight is 696 g/mol. The molecule has 0 aliphatic carbocycles. The van der Waals surface area contributed by atoms with E-state index in [0.717, 1.165) is 0 Å². The maximum Gasteiger partial charge on any atom is 0.460 e. The van der Waals surface area contributed by atoms with E-state index < -0.39 is 95.1 Å². The van der Waals surface area contributed by atoms with Gasteiger partial charge < -0.3 is 10.2 Å². The zero-order chi connectivity index (χ0) is 34.1. The number of carbonyl (C=O) groups is 2. The highest BCUT2D eigenvalue weighted by Gasteiger charge is 2.90. The molecule has 0 rings (SSSR count). The number of hydrogen-bond donors (Lipinski definition) is 2. The number of sulfone groups is 2. The van der Waals surface area contributed by atoms with Gasteiger partial charge in [0.2, 0.25) is 0 Å². The fourth-order valence-electron chi connectivity index (χ4n) is 2.44.